The van der Waals surface area contributed by atoms with Crippen molar-refractivity contribution in [2.45, 2.75) is 39.3 Å². The lowest BCUT2D eigenvalue weighted by molar-refractivity contribution is -0.133. The molecule has 0 aliphatic heterocycles. The summed E-state index contributed by atoms with van der Waals surface area (Å²) in [5.74, 6) is 0.00562. The molecule has 22 heavy (non-hydrogen) atoms. The van der Waals surface area contributed by atoms with Crippen molar-refractivity contribution in [3.05, 3.63) is 36.2 Å². The Balaban J connectivity index is 2.04. The normalized spacial score (nSPS) is 12.4. The first-order chi connectivity index (χ1) is 10.5. The Morgan fingerprint density at radius 2 is 1.95 bits per heavy atom. The van der Waals surface area contributed by atoms with Gasteiger partial charge in [-0.15, -0.1) is 5.10 Å². The molecule has 2 aromatic rings. The van der Waals surface area contributed by atoms with E-state index in [-0.39, 0.29) is 11.9 Å². The maximum atomic E-state index is 12.4. The van der Waals surface area contributed by atoms with Gasteiger partial charge in [0, 0.05) is 12.6 Å². The molecule has 118 valence electrons. The molecule has 1 aromatic heterocycles. The lowest BCUT2D eigenvalue weighted by atomic mass is 10.1. The molecular weight excluding hydrogens is 282 g/mol. The minimum absolute atomic E-state index is 0.00562. The van der Waals surface area contributed by atoms with Crippen LogP contribution in [-0.2, 0) is 11.2 Å². The summed E-state index contributed by atoms with van der Waals surface area (Å²) < 4.78 is 1.56. The third-order valence-electron chi connectivity index (χ3n) is 3.31. The van der Waals surface area contributed by atoms with Crippen molar-refractivity contribution in [1.29, 1.82) is 0 Å². The topological polar surface area (TPSA) is 84.1 Å². The Hall–Kier alpha value is -2.28. The van der Waals surface area contributed by atoms with Gasteiger partial charge < -0.3 is 10.0 Å². The monoisotopic (exact) mass is 303 g/mol. The Morgan fingerprint density at radius 1 is 1.27 bits per heavy atom. The van der Waals surface area contributed by atoms with Crippen LogP contribution >= 0.6 is 0 Å². The average molecular weight is 303 g/mol. The molecule has 7 nitrogen and oxygen atoms in total. The molecule has 1 N–H and O–H groups in total. The van der Waals surface area contributed by atoms with Gasteiger partial charge in [-0.1, -0.05) is 12.1 Å². The fourth-order valence-electron chi connectivity index (χ4n) is 2.21. The maximum Gasteiger partial charge on any atom is 0.227 e. The molecule has 1 atom stereocenters. The lowest BCUT2D eigenvalue weighted by Gasteiger charge is -2.28. The predicted octanol–water partition coefficient (Wildman–Crippen LogP) is 0.823. The molecule has 0 fully saturated rings. The van der Waals surface area contributed by atoms with Crippen LogP contribution in [0.3, 0.4) is 0 Å². The lowest BCUT2D eigenvalue weighted by Crippen LogP contribution is -2.42. The maximum absolute atomic E-state index is 12.4. The van der Waals surface area contributed by atoms with Gasteiger partial charge in [0.25, 0.3) is 0 Å². The largest absolute Gasteiger partial charge is 0.392 e. The highest BCUT2D eigenvalue weighted by molar-refractivity contribution is 5.79. The van der Waals surface area contributed by atoms with E-state index < -0.39 is 6.10 Å². The number of amides is 1. The number of carbonyl (C=O) groups excluding carboxylic acids is 1. The Kier molecular flexibility index (Phi) is 5.21. The summed E-state index contributed by atoms with van der Waals surface area (Å²) in [6, 6.07) is 7.56. The second-order valence-electron chi connectivity index (χ2n) is 5.59. The molecular formula is C15H21N5O2. The van der Waals surface area contributed by atoms with E-state index in [0.29, 0.717) is 13.0 Å². The van der Waals surface area contributed by atoms with Crippen molar-refractivity contribution in [1.82, 2.24) is 25.1 Å². The minimum atomic E-state index is -0.534. The van der Waals surface area contributed by atoms with E-state index in [2.05, 4.69) is 15.5 Å². The molecule has 1 aromatic carbocycles. The minimum Gasteiger partial charge on any atom is -0.392 e. The third-order valence-corrected chi connectivity index (χ3v) is 3.31. The van der Waals surface area contributed by atoms with Crippen LogP contribution in [0.15, 0.2) is 30.6 Å². The Bertz CT molecular complexity index is 593. The molecule has 0 bridgehead atoms. The number of benzene rings is 1. The number of aromatic nitrogens is 4. The van der Waals surface area contributed by atoms with Gasteiger partial charge in [0.1, 0.15) is 6.33 Å². The highest BCUT2D eigenvalue weighted by Crippen LogP contribution is 2.11. The average Bonchev–Trinajstić information content (AvgIpc) is 2.99. The molecule has 1 unspecified atom stereocenters. The standard InChI is InChI=1S/C15H21N5O2/c1-11(2)19(9-12(3)21)15(22)8-13-4-6-14(7-5-13)20-10-16-17-18-20/h4-7,10-12,21H,8-9H2,1-3H3. The number of aliphatic hydroxyl groups excluding tert-OH is 1. The van der Waals surface area contributed by atoms with E-state index in [9.17, 15) is 9.90 Å². The predicted molar refractivity (Wildman–Crippen MR) is 81.4 cm³/mol. The first-order valence-corrected chi connectivity index (χ1v) is 7.27. The molecule has 1 heterocycles. The fraction of sp³-hybridized carbons (Fsp3) is 0.467. The van der Waals surface area contributed by atoms with Crippen LogP contribution in [0.4, 0.5) is 0 Å². The summed E-state index contributed by atoms with van der Waals surface area (Å²) in [5.41, 5.74) is 1.75. The highest BCUT2D eigenvalue weighted by atomic mass is 16.3. The van der Waals surface area contributed by atoms with E-state index in [4.69, 9.17) is 0 Å². The van der Waals surface area contributed by atoms with E-state index in [1.54, 1.807) is 16.5 Å². The summed E-state index contributed by atoms with van der Waals surface area (Å²) >= 11 is 0. The van der Waals surface area contributed by atoms with Crippen LogP contribution in [0, 0.1) is 0 Å². The van der Waals surface area contributed by atoms with Gasteiger partial charge in [0.15, 0.2) is 0 Å². The fourth-order valence-corrected chi connectivity index (χ4v) is 2.21. The van der Waals surface area contributed by atoms with Crippen molar-refractivity contribution < 1.29 is 9.90 Å². The number of carbonyl (C=O) groups is 1. The van der Waals surface area contributed by atoms with Crippen LogP contribution in [0.1, 0.15) is 26.3 Å². The zero-order chi connectivity index (χ0) is 16.1. The van der Waals surface area contributed by atoms with Gasteiger partial charge in [0.05, 0.1) is 18.2 Å². The van der Waals surface area contributed by atoms with Crippen molar-refractivity contribution in [2.24, 2.45) is 0 Å². The number of hydrogen-bond acceptors (Lipinski definition) is 5. The zero-order valence-electron chi connectivity index (χ0n) is 13.0. The molecule has 0 saturated heterocycles. The van der Waals surface area contributed by atoms with Gasteiger partial charge >= 0.3 is 0 Å². The van der Waals surface area contributed by atoms with E-state index in [1.807, 2.05) is 38.1 Å². The van der Waals surface area contributed by atoms with Crippen LogP contribution in [-0.4, -0.2) is 54.8 Å². The van der Waals surface area contributed by atoms with E-state index >= 15 is 0 Å². The number of tetrazole rings is 1. The number of hydrogen-bond donors (Lipinski definition) is 1. The van der Waals surface area contributed by atoms with Crippen molar-refractivity contribution in [2.75, 3.05) is 6.54 Å². The smallest absolute Gasteiger partial charge is 0.227 e. The molecule has 7 heteroatoms. The second kappa shape index (κ2) is 7.13. The van der Waals surface area contributed by atoms with Crippen molar-refractivity contribution >= 4 is 5.91 Å². The molecule has 1 amide bonds. The molecule has 2 rings (SSSR count). The quantitative estimate of drug-likeness (QED) is 0.854. The number of aliphatic hydroxyl groups is 1. The van der Waals surface area contributed by atoms with Gasteiger partial charge in [-0.25, -0.2) is 4.68 Å². The second-order valence-corrected chi connectivity index (χ2v) is 5.59. The van der Waals surface area contributed by atoms with Gasteiger partial charge in [0.2, 0.25) is 5.91 Å². The molecule has 0 spiro atoms. The number of nitrogens with zero attached hydrogens (tertiary/aromatic N) is 5. The summed E-state index contributed by atoms with van der Waals surface area (Å²) in [4.78, 5) is 14.1. The first kappa shape index (κ1) is 16.1. The van der Waals surface area contributed by atoms with Crippen LogP contribution < -0.4 is 0 Å². The Labute approximate surface area is 129 Å². The van der Waals surface area contributed by atoms with Gasteiger partial charge in [-0.2, -0.15) is 0 Å². The van der Waals surface area contributed by atoms with Gasteiger partial charge in [-0.3, -0.25) is 4.79 Å². The van der Waals surface area contributed by atoms with E-state index in [1.165, 1.54) is 6.33 Å². The molecule has 0 radical (unpaired) electrons. The van der Waals surface area contributed by atoms with Crippen LogP contribution in [0.2, 0.25) is 0 Å². The summed E-state index contributed by atoms with van der Waals surface area (Å²) in [7, 11) is 0. The highest BCUT2D eigenvalue weighted by Gasteiger charge is 2.18. The molecule has 0 aliphatic carbocycles. The summed E-state index contributed by atoms with van der Waals surface area (Å²) in [6.45, 7) is 5.92. The molecule has 0 aliphatic rings. The van der Waals surface area contributed by atoms with Crippen molar-refractivity contribution in [3.63, 3.8) is 0 Å². The Morgan fingerprint density at radius 3 is 2.45 bits per heavy atom. The summed E-state index contributed by atoms with van der Waals surface area (Å²) in [5, 5.41) is 20.5. The first-order valence-electron chi connectivity index (χ1n) is 7.27. The van der Waals surface area contributed by atoms with Gasteiger partial charge in [-0.05, 0) is 48.9 Å². The van der Waals surface area contributed by atoms with Crippen molar-refractivity contribution in [3.8, 4) is 5.69 Å². The zero-order valence-corrected chi connectivity index (χ0v) is 13.0. The third kappa shape index (κ3) is 4.11. The van der Waals surface area contributed by atoms with Crippen LogP contribution in [0.5, 0.6) is 0 Å². The molecule has 0 saturated carbocycles. The van der Waals surface area contributed by atoms with Crippen LogP contribution in [0.25, 0.3) is 5.69 Å². The number of rotatable bonds is 6. The summed E-state index contributed by atoms with van der Waals surface area (Å²) in [6.07, 6.45) is 1.29. The van der Waals surface area contributed by atoms with E-state index in [0.717, 1.165) is 11.3 Å². The SMILES string of the molecule is CC(O)CN(C(=O)Cc1ccc(-n2cnnn2)cc1)C(C)C.